The van der Waals surface area contributed by atoms with Gasteiger partial charge in [0.1, 0.15) is 0 Å². The molecule has 1 atom stereocenters. The zero-order chi connectivity index (χ0) is 10.7. The second-order valence-electron chi connectivity index (χ2n) is 5.28. The lowest BCUT2D eigenvalue weighted by molar-refractivity contribution is 0.0107. The molecule has 0 saturated carbocycles. The monoisotopic (exact) mass is 212 g/mol. The minimum atomic E-state index is 0.507. The zero-order valence-electron chi connectivity index (χ0n) is 9.87. The summed E-state index contributed by atoms with van der Waals surface area (Å²) in [5, 5.41) is 0. The molecule has 88 valence electrons. The van der Waals surface area contributed by atoms with Crippen LogP contribution in [-0.2, 0) is 4.74 Å². The molecule has 2 rings (SSSR count). The van der Waals surface area contributed by atoms with Crippen molar-refractivity contribution in [2.45, 2.75) is 25.7 Å². The summed E-state index contributed by atoms with van der Waals surface area (Å²) in [7, 11) is 2.23. The van der Waals surface area contributed by atoms with Gasteiger partial charge in [0.05, 0.1) is 0 Å². The number of hydrogen-bond acceptors (Lipinski definition) is 3. The van der Waals surface area contributed by atoms with E-state index in [2.05, 4.69) is 11.9 Å². The van der Waals surface area contributed by atoms with Crippen LogP contribution in [0.4, 0.5) is 0 Å². The standard InChI is InChI=1S/C12H24N2O/c1-14-7-5-12(10-14,4-6-13)11-2-8-15-9-3-11/h11H,2-10,13H2,1H3. The average molecular weight is 212 g/mol. The van der Waals surface area contributed by atoms with Crippen molar-refractivity contribution < 1.29 is 4.74 Å². The summed E-state index contributed by atoms with van der Waals surface area (Å²) in [5.41, 5.74) is 6.30. The van der Waals surface area contributed by atoms with Gasteiger partial charge in [-0.1, -0.05) is 0 Å². The Kier molecular flexibility index (Phi) is 3.65. The maximum Gasteiger partial charge on any atom is 0.0468 e. The third-order valence-electron chi connectivity index (χ3n) is 4.31. The molecule has 0 amide bonds. The van der Waals surface area contributed by atoms with Crippen LogP contribution >= 0.6 is 0 Å². The number of nitrogens with two attached hydrogens (primary N) is 1. The first kappa shape index (κ1) is 11.4. The van der Waals surface area contributed by atoms with Crippen molar-refractivity contribution in [2.24, 2.45) is 17.1 Å². The molecule has 3 heteroatoms. The summed E-state index contributed by atoms with van der Waals surface area (Å²) in [5.74, 6) is 0.847. The predicted octanol–water partition coefficient (Wildman–Crippen LogP) is 1.08. The lowest BCUT2D eigenvalue weighted by Gasteiger charge is -2.39. The van der Waals surface area contributed by atoms with Crippen molar-refractivity contribution in [3.8, 4) is 0 Å². The van der Waals surface area contributed by atoms with Gasteiger partial charge in [-0.15, -0.1) is 0 Å². The van der Waals surface area contributed by atoms with Crippen molar-refractivity contribution in [3.05, 3.63) is 0 Å². The summed E-state index contributed by atoms with van der Waals surface area (Å²) < 4.78 is 5.46. The Morgan fingerprint density at radius 3 is 2.67 bits per heavy atom. The van der Waals surface area contributed by atoms with E-state index in [4.69, 9.17) is 10.5 Å². The van der Waals surface area contributed by atoms with E-state index < -0.39 is 0 Å². The molecule has 2 aliphatic rings. The van der Waals surface area contributed by atoms with Gasteiger partial charge < -0.3 is 15.4 Å². The van der Waals surface area contributed by atoms with Crippen molar-refractivity contribution in [2.75, 3.05) is 39.9 Å². The van der Waals surface area contributed by atoms with Gasteiger partial charge >= 0.3 is 0 Å². The van der Waals surface area contributed by atoms with Crippen LogP contribution in [-0.4, -0.2) is 44.8 Å². The highest BCUT2D eigenvalue weighted by Gasteiger charge is 2.42. The third-order valence-corrected chi connectivity index (χ3v) is 4.31. The molecule has 0 radical (unpaired) electrons. The highest BCUT2D eigenvalue weighted by atomic mass is 16.5. The zero-order valence-corrected chi connectivity index (χ0v) is 9.87. The quantitative estimate of drug-likeness (QED) is 0.761. The van der Waals surface area contributed by atoms with Crippen LogP contribution in [0.2, 0.25) is 0 Å². The normalized spacial score (nSPS) is 34.8. The van der Waals surface area contributed by atoms with E-state index in [1.54, 1.807) is 0 Å². The fraction of sp³-hybridized carbons (Fsp3) is 1.00. The summed E-state index contributed by atoms with van der Waals surface area (Å²) in [4.78, 5) is 2.46. The van der Waals surface area contributed by atoms with Crippen LogP contribution in [0.25, 0.3) is 0 Å². The lowest BCUT2D eigenvalue weighted by atomic mass is 9.69. The number of hydrogen-bond donors (Lipinski definition) is 1. The Morgan fingerprint density at radius 2 is 2.13 bits per heavy atom. The van der Waals surface area contributed by atoms with Crippen LogP contribution in [0.5, 0.6) is 0 Å². The van der Waals surface area contributed by atoms with Crippen LogP contribution in [0.1, 0.15) is 25.7 Å². The molecular weight excluding hydrogens is 188 g/mol. The lowest BCUT2D eigenvalue weighted by Crippen LogP contribution is -2.38. The molecule has 2 saturated heterocycles. The fourth-order valence-electron chi connectivity index (χ4n) is 3.45. The van der Waals surface area contributed by atoms with Crippen LogP contribution in [0, 0.1) is 11.3 Å². The minimum absolute atomic E-state index is 0.507. The third kappa shape index (κ3) is 2.35. The average Bonchev–Trinajstić information content (AvgIpc) is 2.63. The van der Waals surface area contributed by atoms with Crippen molar-refractivity contribution in [3.63, 3.8) is 0 Å². The summed E-state index contributed by atoms with van der Waals surface area (Å²) in [6.07, 6.45) is 5.02. The molecule has 2 aliphatic heterocycles. The van der Waals surface area contributed by atoms with Crippen LogP contribution in [0.3, 0.4) is 0 Å². The molecule has 2 N–H and O–H groups in total. The Balaban J connectivity index is 2.03. The van der Waals surface area contributed by atoms with Crippen LogP contribution in [0.15, 0.2) is 0 Å². The maximum atomic E-state index is 5.80. The molecule has 0 bridgehead atoms. The topological polar surface area (TPSA) is 38.5 Å². The smallest absolute Gasteiger partial charge is 0.0468 e. The van der Waals surface area contributed by atoms with E-state index in [-0.39, 0.29) is 0 Å². The van der Waals surface area contributed by atoms with Crippen molar-refractivity contribution in [1.29, 1.82) is 0 Å². The molecule has 0 aromatic carbocycles. The number of likely N-dealkylation sites (tertiary alicyclic amines) is 1. The second kappa shape index (κ2) is 4.81. The second-order valence-corrected chi connectivity index (χ2v) is 5.28. The van der Waals surface area contributed by atoms with Gasteiger partial charge in [-0.25, -0.2) is 0 Å². The van der Waals surface area contributed by atoms with E-state index in [1.165, 1.54) is 38.8 Å². The molecule has 0 aromatic rings. The number of ether oxygens (including phenoxy) is 1. The minimum Gasteiger partial charge on any atom is -0.381 e. The number of rotatable bonds is 3. The number of nitrogens with zero attached hydrogens (tertiary/aromatic N) is 1. The first-order chi connectivity index (χ1) is 7.27. The van der Waals surface area contributed by atoms with E-state index >= 15 is 0 Å². The van der Waals surface area contributed by atoms with Gasteiger partial charge in [-0.2, -0.15) is 0 Å². The van der Waals surface area contributed by atoms with E-state index in [1.807, 2.05) is 0 Å². The van der Waals surface area contributed by atoms with Gasteiger partial charge in [-0.05, 0) is 57.2 Å². The predicted molar refractivity (Wildman–Crippen MR) is 61.8 cm³/mol. The SMILES string of the molecule is CN1CCC(CCN)(C2CCOCC2)C1. The molecule has 1 unspecified atom stereocenters. The van der Waals surface area contributed by atoms with E-state index in [0.717, 1.165) is 25.7 Å². The molecule has 2 fully saturated rings. The van der Waals surface area contributed by atoms with Gasteiger partial charge in [0.2, 0.25) is 0 Å². The molecular formula is C12H24N2O. The Bertz CT molecular complexity index is 200. The molecule has 0 aromatic heterocycles. The molecule has 0 aliphatic carbocycles. The van der Waals surface area contributed by atoms with Gasteiger partial charge in [0, 0.05) is 19.8 Å². The fourth-order valence-corrected chi connectivity index (χ4v) is 3.45. The Hall–Kier alpha value is -0.120. The first-order valence-corrected chi connectivity index (χ1v) is 6.23. The van der Waals surface area contributed by atoms with Gasteiger partial charge in [-0.3, -0.25) is 0 Å². The Morgan fingerprint density at radius 1 is 1.40 bits per heavy atom. The van der Waals surface area contributed by atoms with Crippen molar-refractivity contribution in [1.82, 2.24) is 4.90 Å². The van der Waals surface area contributed by atoms with Crippen LogP contribution < -0.4 is 5.73 Å². The van der Waals surface area contributed by atoms with Gasteiger partial charge in [0.15, 0.2) is 0 Å². The molecule has 0 spiro atoms. The highest BCUT2D eigenvalue weighted by Crippen LogP contribution is 2.44. The first-order valence-electron chi connectivity index (χ1n) is 6.23. The van der Waals surface area contributed by atoms with E-state index in [9.17, 15) is 0 Å². The summed E-state index contributed by atoms with van der Waals surface area (Å²) in [6, 6.07) is 0. The highest BCUT2D eigenvalue weighted by molar-refractivity contribution is 4.94. The van der Waals surface area contributed by atoms with Crippen molar-refractivity contribution >= 4 is 0 Å². The molecule has 2 heterocycles. The summed E-state index contributed by atoms with van der Waals surface area (Å²) >= 11 is 0. The largest absolute Gasteiger partial charge is 0.381 e. The molecule has 15 heavy (non-hydrogen) atoms. The van der Waals surface area contributed by atoms with E-state index in [0.29, 0.717) is 5.41 Å². The Labute approximate surface area is 93.0 Å². The molecule has 3 nitrogen and oxygen atoms in total. The van der Waals surface area contributed by atoms with Gasteiger partial charge in [0.25, 0.3) is 0 Å². The summed E-state index contributed by atoms with van der Waals surface area (Å²) in [6.45, 7) is 5.25. The maximum absolute atomic E-state index is 5.80.